The van der Waals surface area contributed by atoms with Crippen LogP contribution in [0.3, 0.4) is 0 Å². The SMILES string of the molecule is NC1CCC(OCC2CSc3ccccc32)CC1. The minimum Gasteiger partial charge on any atom is -0.378 e. The molecule has 1 saturated carbocycles. The molecule has 1 fully saturated rings. The van der Waals surface area contributed by atoms with Gasteiger partial charge in [0.1, 0.15) is 0 Å². The van der Waals surface area contributed by atoms with E-state index in [1.54, 1.807) is 0 Å². The van der Waals surface area contributed by atoms with Crippen LogP contribution in [0.15, 0.2) is 29.2 Å². The summed E-state index contributed by atoms with van der Waals surface area (Å²) in [4.78, 5) is 1.44. The fourth-order valence-electron chi connectivity index (χ4n) is 2.87. The maximum Gasteiger partial charge on any atom is 0.0576 e. The number of nitrogens with two attached hydrogens (primary N) is 1. The highest BCUT2D eigenvalue weighted by atomic mass is 32.2. The van der Waals surface area contributed by atoms with Crippen LogP contribution in [0.4, 0.5) is 0 Å². The first-order valence-electron chi connectivity index (χ1n) is 6.92. The third-order valence-corrected chi connectivity index (χ3v) is 5.30. The van der Waals surface area contributed by atoms with Gasteiger partial charge >= 0.3 is 0 Å². The molecule has 3 rings (SSSR count). The lowest BCUT2D eigenvalue weighted by Crippen LogP contribution is -2.31. The van der Waals surface area contributed by atoms with Gasteiger partial charge in [0.15, 0.2) is 0 Å². The lowest BCUT2D eigenvalue weighted by molar-refractivity contribution is 0.0196. The van der Waals surface area contributed by atoms with Crippen LogP contribution in [-0.2, 0) is 4.74 Å². The average Bonchev–Trinajstić information content (AvgIpc) is 2.82. The van der Waals surface area contributed by atoms with E-state index in [4.69, 9.17) is 10.5 Å². The maximum absolute atomic E-state index is 6.10. The molecule has 0 amide bonds. The zero-order valence-corrected chi connectivity index (χ0v) is 11.5. The monoisotopic (exact) mass is 263 g/mol. The first-order chi connectivity index (χ1) is 8.83. The van der Waals surface area contributed by atoms with Crippen LogP contribution in [0.25, 0.3) is 0 Å². The molecule has 0 aromatic heterocycles. The molecule has 0 bridgehead atoms. The summed E-state index contributed by atoms with van der Waals surface area (Å²) in [5.41, 5.74) is 7.40. The minimum atomic E-state index is 0.410. The van der Waals surface area contributed by atoms with E-state index in [2.05, 4.69) is 24.3 Å². The molecule has 1 unspecified atom stereocenters. The Morgan fingerprint density at radius 3 is 2.78 bits per heavy atom. The second kappa shape index (κ2) is 5.64. The number of ether oxygens (including phenoxy) is 1. The van der Waals surface area contributed by atoms with E-state index in [0.717, 1.165) is 32.3 Å². The van der Waals surface area contributed by atoms with Gasteiger partial charge in [-0.15, -0.1) is 11.8 Å². The first kappa shape index (κ1) is 12.5. The Kier molecular flexibility index (Phi) is 3.92. The third-order valence-electron chi connectivity index (χ3n) is 4.05. The zero-order chi connectivity index (χ0) is 12.4. The molecule has 1 aliphatic carbocycles. The standard InChI is InChI=1S/C15H21NOS/c16-12-5-7-13(8-6-12)17-9-11-10-18-15-4-2-1-3-14(11)15/h1-4,11-13H,5-10,16H2. The predicted octanol–water partition coefficient (Wildman–Crippen LogP) is 3.16. The van der Waals surface area contributed by atoms with Gasteiger partial charge in [-0.25, -0.2) is 0 Å². The van der Waals surface area contributed by atoms with Gasteiger partial charge in [-0.3, -0.25) is 0 Å². The van der Waals surface area contributed by atoms with Crippen molar-refractivity contribution >= 4 is 11.8 Å². The molecule has 1 aromatic carbocycles. The second-order valence-electron chi connectivity index (χ2n) is 5.42. The lowest BCUT2D eigenvalue weighted by Gasteiger charge is -2.27. The van der Waals surface area contributed by atoms with Crippen LogP contribution < -0.4 is 5.73 Å². The lowest BCUT2D eigenvalue weighted by atomic mass is 9.93. The Morgan fingerprint density at radius 1 is 1.17 bits per heavy atom. The van der Waals surface area contributed by atoms with E-state index in [1.165, 1.54) is 16.2 Å². The highest BCUT2D eigenvalue weighted by Gasteiger charge is 2.25. The van der Waals surface area contributed by atoms with Crippen LogP contribution in [-0.4, -0.2) is 24.5 Å². The molecule has 0 radical (unpaired) electrons. The summed E-state index contributed by atoms with van der Waals surface area (Å²) in [5, 5.41) is 0. The van der Waals surface area contributed by atoms with Gasteiger partial charge in [0.05, 0.1) is 12.7 Å². The normalized spacial score (nSPS) is 31.3. The quantitative estimate of drug-likeness (QED) is 0.910. The van der Waals surface area contributed by atoms with E-state index < -0.39 is 0 Å². The van der Waals surface area contributed by atoms with Crippen molar-refractivity contribution in [3.8, 4) is 0 Å². The molecule has 1 aromatic rings. The third kappa shape index (κ3) is 2.73. The molecule has 1 atom stereocenters. The largest absolute Gasteiger partial charge is 0.378 e. The molecule has 2 nitrogen and oxygen atoms in total. The zero-order valence-electron chi connectivity index (χ0n) is 10.7. The second-order valence-corrected chi connectivity index (χ2v) is 6.48. The molecule has 1 aliphatic heterocycles. The van der Waals surface area contributed by atoms with Crippen LogP contribution >= 0.6 is 11.8 Å². The fraction of sp³-hybridized carbons (Fsp3) is 0.600. The molecule has 1 heterocycles. The molecule has 0 spiro atoms. The Morgan fingerprint density at radius 2 is 1.94 bits per heavy atom. The highest BCUT2D eigenvalue weighted by Crippen LogP contribution is 2.39. The van der Waals surface area contributed by atoms with Crippen molar-refractivity contribution in [3.63, 3.8) is 0 Å². The summed E-state index contributed by atoms with van der Waals surface area (Å²) in [5.74, 6) is 1.76. The molecule has 18 heavy (non-hydrogen) atoms. The summed E-state index contributed by atoms with van der Waals surface area (Å²) in [6, 6.07) is 9.14. The maximum atomic E-state index is 6.10. The van der Waals surface area contributed by atoms with Gasteiger partial charge in [0.25, 0.3) is 0 Å². The molecular formula is C15H21NOS. The van der Waals surface area contributed by atoms with Crippen LogP contribution in [0.2, 0.25) is 0 Å². The van der Waals surface area contributed by atoms with Crippen LogP contribution in [0.1, 0.15) is 37.2 Å². The number of rotatable bonds is 3. The van der Waals surface area contributed by atoms with Gasteiger partial charge < -0.3 is 10.5 Å². The molecule has 3 heteroatoms. The van der Waals surface area contributed by atoms with Crippen molar-refractivity contribution in [1.82, 2.24) is 0 Å². The van der Waals surface area contributed by atoms with E-state index in [-0.39, 0.29) is 0 Å². The number of fused-ring (bicyclic) bond motifs is 1. The Labute approximate surface area is 113 Å². The average molecular weight is 263 g/mol. The smallest absolute Gasteiger partial charge is 0.0576 e. The number of thioether (sulfide) groups is 1. The van der Waals surface area contributed by atoms with Crippen molar-refractivity contribution in [2.24, 2.45) is 5.73 Å². The van der Waals surface area contributed by atoms with Gasteiger partial charge in [-0.1, -0.05) is 18.2 Å². The number of benzene rings is 1. The Balaban J connectivity index is 1.53. The number of hydrogen-bond acceptors (Lipinski definition) is 3. The molecule has 0 saturated heterocycles. The van der Waals surface area contributed by atoms with Gasteiger partial charge in [-0.05, 0) is 37.3 Å². The summed E-state index contributed by atoms with van der Waals surface area (Å²) in [6.45, 7) is 0.879. The van der Waals surface area contributed by atoms with Gasteiger partial charge in [0.2, 0.25) is 0 Å². The van der Waals surface area contributed by atoms with Gasteiger partial charge in [-0.2, -0.15) is 0 Å². The van der Waals surface area contributed by atoms with E-state index in [0.29, 0.717) is 18.1 Å². The van der Waals surface area contributed by atoms with Crippen molar-refractivity contribution in [2.45, 2.75) is 48.6 Å². The predicted molar refractivity (Wildman–Crippen MR) is 76.1 cm³/mol. The molecular weight excluding hydrogens is 242 g/mol. The van der Waals surface area contributed by atoms with Crippen molar-refractivity contribution < 1.29 is 4.74 Å². The van der Waals surface area contributed by atoms with E-state index in [9.17, 15) is 0 Å². The molecule has 2 aliphatic rings. The highest BCUT2D eigenvalue weighted by molar-refractivity contribution is 7.99. The van der Waals surface area contributed by atoms with Crippen LogP contribution in [0, 0.1) is 0 Å². The van der Waals surface area contributed by atoms with Gasteiger partial charge in [0, 0.05) is 22.6 Å². The molecule has 2 N–H and O–H groups in total. The van der Waals surface area contributed by atoms with Crippen molar-refractivity contribution in [2.75, 3.05) is 12.4 Å². The van der Waals surface area contributed by atoms with Crippen LogP contribution in [0.5, 0.6) is 0 Å². The summed E-state index contributed by atoms with van der Waals surface area (Å²) < 4.78 is 6.10. The fourth-order valence-corrected chi connectivity index (χ4v) is 4.11. The number of hydrogen-bond donors (Lipinski definition) is 1. The summed E-state index contributed by atoms with van der Waals surface area (Å²) in [6.07, 6.45) is 4.98. The van der Waals surface area contributed by atoms with Crippen molar-refractivity contribution in [3.05, 3.63) is 29.8 Å². The Hall–Kier alpha value is -0.510. The minimum absolute atomic E-state index is 0.410. The van der Waals surface area contributed by atoms with E-state index in [1.807, 2.05) is 11.8 Å². The Bertz CT molecular complexity index is 401. The topological polar surface area (TPSA) is 35.2 Å². The summed E-state index contributed by atoms with van der Waals surface area (Å²) >= 11 is 1.96. The van der Waals surface area contributed by atoms with E-state index >= 15 is 0 Å². The molecule has 98 valence electrons. The van der Waals surface area contributed by atoms with Crippen molar-refractivity contribution in [1.29, 1.82) is 0 Å². The first-order valence-corrected chi connectivity index (χ1v) is 7.90. The summed E-state index contributed by atoms with van der Waals surface area (Å²) in [7, 11) is 0.